The number of pyridine rings is 2. The van der Waals surface area contributed by atoms with E-state index in [0.717, 1.165) is 41.7 Å². The number of piperidine rings is 1. The number of carbonyl (C=O) groups is 2. The molecule has 4 aromatic rings. The summed E-state index contributed by atoms with van der Waals surface area (Å²) in [7, 11) is 0. The van der Waals surface area contributed by atoms with Crippen molar-refractivity contribution in [1.29, 1.82) is 0 Å². The van der Waals surface area contributed by atoms with Crippen LogP contribution >= 0.6 is 23.3 Å². The van der Waals surface area contributed by atoms with E-state index in [2.05, 4.69) is 24.6 Å². The van der Waals surface area contributed by atoms with Crippen LogP contribution in [0.25, 0.3) is 0 Å². The van der Waals surface area contributed by atoms with E-state index in [-0.39, 0.29) is 12.3 Å². The van der Waals surface area contributed by atoms with Gasteiger partial charge in [-0.25, -0.2) is 19.7 Å². The number of hydrogen-bond donors (Lipinski definition) is 2. The second kappa shape index (κ2) is 12.8. The molecule has 1 saturated heterocycles. The lowest BCUT2D eigenvalue weighted by atomic mass is 9.96. The Kier molecular flexibility index (Phi) is 8.76. The summed E-state index contributed by atoms with van der Waals surface area (Å²) in [6, 6.07) is 17.2. The number of carboxylic acid groups (broad SMARTS) is 1. The molecule has 0 unspecified atom stereocenters. The molecular formula is C27H26N6O4S2. The predicted octanol–water partition coefficient (Wildman–Crippen LogP) is 5.24. The zero-order valence-electron chi connectivity index (χ0n) is 20.9. The van der Waals surface area contributed by atoms with E-state index in [1.807, 2.05) is 54.6 Å². The third-order valence-corrected chi connectivity index (χ3v) is 7.73. The molecule has 1 fully saturated rings. The molecule has 0 spiro atoms. The standard InChI is InChI=1S/C27H26N6O4S2/c34-21(26(35)36)11-15-33-13-9-18(10-14-33)24-30-27(39-32-24)31-25-22(37-19-6-2-1-3-7-19)16-20(17-29-25)38-23-8-4-5-12-28-23/h1-8,12,16-18H,9-11,13-15H2,(H,35,36)(H,29,30,31,32). The zero-order chi connectivity index (χ0) is 27.0. The number of anilines is 2. The number of carboxylic acids is 1. The molecule has 0 saturated carbocycles. The van der Waals surface area contributed by atoms with Crippen LogP contribution in [0.5, 0.6) is 11.5 Å². The number of ketones is 1. The van der Waals surface area contributed by atoms with Gasteiger partial charge in [0.1, 0.15) is 16.6 Å². The number of Topliss-reactive ketones (excluding diaryl/α,β-unsaturated/α-hetero) is 1. The van der Waals surface area contributed by atoms with Gasteiger partial charge in [-0.15, -0.1) is 0 Å². The molecule has 0 atom stereocenters. The van der Waals surface area contributed by atoms with Crippen molar-refractivity contribution in [1.82, 2.24) is 24.2 Å². The van der Waals surface area contributed by atoms with E-state index < -0.39 is 11.8 Å². The number of para-hydroxylation sites is 1. The molecule has 5 rings (SSSR count). The first kappa shape index (κ1) is 26.7. The number of rotatable bonds is 11. The summed E-state index contributed by atoms with van der Waals surface area (Å²) in [5.74, 6) is 0.640. The number of carbonyl (C=O) groups excluding carboxylic acids is 1. The average molecular weight is 563 g/mol. The molecule has 200 valence electrons. The SMILES string of the molecule is O=C(O)C(=O)CCN1CCC(c2nsc(Nc3ncc(Sc4ccccn4)cc3Oc3ccccc3)n2)CC1. The maximum absolute atomic E-state index is 11.4. The fourth-order valence-electron chi connectivity index (χ4n) is 4.13. The van der Waals surface area contributed by atoms with Gasteiger partial charge in [0.2, 0.25) is 10.9 Å². The number of aliphatic carboxylic acids is 1. The largest absolute Gasteiger partial charge is 0.476 e. The lowest BCUT2D eigenvalue weighted by molar-refractivity contribution is -0.149. The van der Waals surface area contributed by atoms with Crippen molar-refractivity contribution >= 4 is 46.0 Å². The molecule has 3 aromatic heterocycles. The highest BCUT2D eigenvalue weighted by Crippen LogP contribution is 2.36. The van der Waals surface area contributed by atoms with Crippen molar-refractivity contribution < 1.29 is 19.4 Å². The van der Waals surface area contributed by atoms with Crippen molar-refractivity contribution in [3.63, 3.8) is 0 Å². The van der Waals surface area contributed by atoms with E-state index >= 15 is 0 Å². The number of ether oxygens (including phenoxy) is 1. The second-order valence-corrected chi connectivity index (χ2v) is 10.7. The van der Waals surface area contributed by atoms with E-state index in [1.54, 1.807) is 12.4 Å². The monoisotopic (exact) mass is 562 g/mol. The van der Waals surface area contributed by atoms with Gasteiger partial charge in [0.25, 0.3) is 0 Å². The minimum absolute atomic E-state index is 0.0303. The molecule has 0 radical (unpaired) electrons. The third-order valence-electron chi connectivity index (χ3n) is 6.17. The molecule has 4 heterocycles. The van der Waals surface area contributed by atoms with Crippen LogP contribution in [0, 0.1) is 0 Å². The maximum atomic E-state index is 11.4. The highest BCUT2D eigenvalue weighted by atomic mass is 32.2. The van der Waals surface area contributed by atoms with E-state index in [0.29, 0.717) is 29.0 Å². The number of hydrogen-bond acceptors (Lipinski definition) is 11. The highest BCUT2D eigenvalue weighted by molar-refractivity contribution is 7.99. The molecule has 0 aliphatic carbocycles. The smallest absolute Gasteiger partial charge is 0.372 e. The van der Waals surface area contributed by atoms with Crippen molar-refractivity contribution in [2.75, 3.05) is 25.0 Å². The minimum Gasteiger partial charge on any atom is -0.476 e. The molecule has 1 aliphatic heterocycles. The van der Waals surface area contributed by atoms with Crippen LogP contribution in [0.2, 0.25) is 0 Å². The Morgan fingerprint density at radius 2 is 1.90 bits per heavy atom. The summed E-state index contributed by atoms with van der Waals surface area (Å²) in [5.41, 5.74) is 0. The summed E-state index contributed by atoms with van der Waals surface area (Å²) in [6.45, 7) is 2.00. The maximum Gasteiger partial charge on any atom is 0.372 e. The van der Waals surface area contributed by atoms with Crippen LogP contribution in [0.3, 0.4) is 0 Å². The minimum atomic E-state index is -1.37. The van der Waals surface area contributed by atoms with Crippen molar-refractivity contribution in [2.45, 2.75) is 35.1 Å². The molecule has 10 nitrogen and oxygen atoms in total. The van der Waals surface area contributed by atoms with Crippen LogP contribution in [-0.4, -0.2) is 60.7 Å². The summed E-state index contributed by atoms with van der Waals surface area (Å²) >= 11 is 2.77. The molecule has 2 N–H and O–H groups in total. The number of nitrogens with zero attached hydrogens (tertiary/aromatic N) is 5. The Bertz CT molecular complexity index is 1410. The Morgan fingerprint density at radius 3 is 2.64 bits per heavy atom. The number of likely N-dealkylation sites (tertiary alicyclic amines) is 1. The molecular weight excluding hydrogens is 536 g/mol. The first-order chi connectivity index (χ1) is 19.0. The normalized spacial score (nSPS) is 14.2. The van der Waals surface area contributed by atoms with Gasteiger partial charge in [0, 0.05) is 53.8 Å². The summed E-state index contributed by atoms with van der Waals surface area (Å²) in [5, 5.41) is 13.5. The number of nitrogens with one attached hydrogen (secondary N) is 1. The Hall–Kier alpha value is -3.87. The lowest BCUT2D eigenvalue weighted by Crippen LogP contribution is -2.35. The number of aromatic nitrogens is 4. The van der Waals surface area contributed by atoms with Crippen molar-refractivity contribution in [3.05, 3.63) is 72.8 Å². The van der Waals surface area contributed by atoms with Gasteiger partial charge in [-0.3, -0.25) is 4.79 Å². The summed E-state index contributed by atoms with van der Waals surface area (Å²) < 4.78 is 10.8. The van der Waals surface area contributed by atoms with Gasteiger partial charge in [0.05, 0.1) is 0 Å². The number of benzene rings is 1. The predicted molar refractivity (Wildman–Crippen MR) is 148 cm³/mol. The van der Waals surface area contributed by atoms with Crippen molar-refractivity contribution in [3.8, 4) is 11.5 Å². The third kappa shape index (κ3) is 7.37. The molecule has 1 aliphatic rings. The van der Waals surface area contributed by atoms with Gasteiger partial charge in [-0.05, 0) is 50.2 Å². The molecule has 0 bridgehead atoms. The Morgan fingerprint density at radius 1 is 1.10 bits per heavy atom. The Labute approximate surface area is 233 Å². The van der Waals surface area contributed by atoms with Gasteiger partial charge >= 0.3 is 5.97 Å². The first-order valence-electron chi connectivity index (χ1n) is 12.4. The van der Waals surface area contributed by atoms with Gasteiger partial charge in [-0.2, -0.15) is 4.37 Å². The zero-order valence-corrected chi connectivity index (χ0v) is 22.5. The first-order valence-corrected chi connectivity index (χ1v) is 14.0. The van der Waals surface area contributed by atoms with Crippen LogP contribution < -0.4 is 10.1 Å². The van der Waals surface area contributed by atoms with Crippen LogP contribution in [0.4, 0.5) is 10.9 Å². The molecule has 39 heavy (non-hydrogen) atoms. The lowest BCUT2D eigenvalue weighted by Gasteiger charge is -2.30. The van der Waals surface area contributed by atoms with E-state index in [9.17, 15) is 9.59 Å². The van der Waals surface area contributed by atoms with Crippen LogP contribution in [0.1, 0.15) is 31.0 Å². The molecule has 1 aromatic carbocycles. The molecule has 0 amide bonds. The summed E-state index contributed by atoms with van der Waals surface area (Å²) in [6.07, 6.45) is 5.24. The van der Waals surface area contributed by atoms with Crippen LogP contribution in [-0.2, 0) is 9.59 Å². The van der Waals surface area contributed by atoms with Gasteiger partial charge < -0.3 is 20.1 Å². The Balaban J connectivity index is 1.25. The summed E-state index contributed by atoms with van der Waals surface area (Å²) in [4.78, 5) is 38.9. The highest BCUT2D eigenvalue weighted by Gasteiger charge is 2.25. The second-order valence-electron chi connectivity index (χ2n) is 8.88. The average Bonchev–Trinajstić information content (AvgIpc) is 3.43. The quantitative estimate of drug-likeness (QED) is 0.233. The van der Waals surface area contributed by atoms with Gasteiger partial charge in [-0.1, -0.05) is 36.0 Å². The molecule has 12 heteroatoms. The fraction of sp³-hybridized carbons (Fsp3) is 0.259. The van der Waals surface area contributed by atoms with Crippen molar-refractivity contribution in [2.24, 2.45) is 0 Å². The topological polar surface area (TPSA) is 130 Å². The van der Waals surface area contributed by atoms with Crippen LogP contribution in [0.15, 0.2) is 76.9 Å². The van der Waals surface area contributed by atoms with Gasteiger partial charge in [0.15, 0.2) is 11.6 Å². The fourth-order valence-corrected chi connectivity index (χ4v) is 5.55. The van der Waals surface area contributed by atoms with E-state index in [4.69, 9.17) is 14.8 Å². The van der Waals surface area contributed by atoms with E-state index in [1.165, 1.54) is 23.3 Å².